The van der Waals surface area contributed by atoms with Gasteiger partial charge in [0.2, 0.25) is 5.91 Å². The SMILES string of the molecule is CCCC[C@@H](NC(=O)Cc1c(C)c2cc3c(C(C)(C)C)coc3c(C)c2oc1=O)C(=O)O. The van der Waals surface area contributed by atoms with Crippen molar-refractivity contribution >= 4 is 33.8 Å². The van der Waals surface area contributed by atoms with Gasteiger partial charge in [0.25, 0.3) is 0 Å². The number of amides is 1. The molecule has 2 heterocycles. The second kappa shape index (κ2) is 8.81. The van der Waals surface area contributed by atoms with Crippen molar-refractivity contribution in [3.8, 4) is 0 Å². The molecule has 172 valence electrons. The maximum atomic E-state index is 12.7. The number of aliphatic carboxylic acids is 1. The zero-order valence-electron chi connectivity index (χ0n) is 19.5. The molecule has 2 aromatic heterocycles. The van der Waals surface area contributed by atoms with E-state index in [1.807, 2.05) is 19.9 Å². The quantitative estimate of drug-likeness (QED) is 0.512. The number of hydrogen-bond acceptors (Lipinski definition) is 5. The number of unbranched alkanes of at least 4 members (excludes halogenated alkanes) is 1. The van der Waals surface area contributed by atoms with Crippen molar-refractivity contribution in [1.82, 2.24) is 5.32 Å². The summed E-state index contributed by atoms with van der Waals surface area (Å²) in [6.07, 6.45) is 3.35. The van der Waals surface area contributed by atoms with Gasteiger partial charge < -0.3 is 19.3 Å². The summed E-state index contributed by atoms with van der Waals surface area (Å²) in [6.45, 7) is 11.9. The molecule has 0 spiro atoms. The van der Waals surface area contributed by atoms with E-state index in [4.69, 9.17) is 8.83 Å². The zero-order chi connectivity index (χ0) is 23.8. The van der Waals surface area contributed by atoms with E-state index in [0.29, 0.717) is 29.6 Å². The monoisotopic (exact) mass is 441 g/mol. The Morgan fingerprint density at radius 2 is 1.81 bits per heavy atom. The van der Waals surface area contributed by atoms with Crippen LogP contribution in [0.3, 0.4) is 0 Å². The predicted octanol–water partition coefficient (Wildman–Crippen LogP) is 4.76. The standard InChI is InChI=1S/C25H31NO6/c1-7-8-9-19(23(28)29)26-20(27)11-16-13(2)15-10-17-18(25(4,5)6)12-31-21(17)14(3)22(15)32-24(16)30/h10,12,19H,7-9,11H2,1-6H3,(H,26,27)(H,28,29)/t19-/m1/s1. The first-order valence-electron chi connectivity index (χ1n) is 10.9. The van der Waals surface area contributed by atoms with Gasteiger partial charge in [0.1, 0.15) is 17.2 Å². The fourth-order valence-corrected chi connectivity index (χ4v) is 4.05. The molecule has 32 heavy (non-hydrogen) atoms. The fraction of sp³-hybridized carbons (Fsp3) is 0.480. The number of carboxylic acid groups (broad SMARTS) is 1. The number of carbonyl (C=O) groups is 2. The molecule has 3 rings (SSSR count). The normalized spacial score (nSPS) is 12.9. The Labute approximate surface area is 186 Å². The molecular formula is C25H31NO6. The summed E-state index contributed by atoms with van der Waals surface area (Å²) in [7, 11) is 0. The first-order chi connectivity index (χ1) is 15.0. The summed E-state index contributed by atoms with van der Waals surface area (Å²) in [5.74, 6) is -1.60. The number of furan rings is 1. The van der Waals surface area contributed by atoms with Gasteiger partial charge in [0, 0.05) is 21.9 Å². The van der Waals surface area contributed by atoms with Crippen LogP contribution in [-0.2, 0) is 21.4 Å². The number of rotatable bonds is 7. The first kappa shape index (κ1) is 23.6. The molecule has 0 saturated heterocycles. The van der Waals surface area contributed by atoms with Gasteiger partial charge in [-0.1, -0.05) is 40.5 Å². The summed E-state index contributed by atoms with van der Waals surface area (Å²) in [4.78, 5) is 36.8. The number of benzene rings is 1. The van der Waals surface area contributed by atoms with E-state index >= 15 is 0 Å². The van der Waals surface area contributed by atoms with E-state index in [9.17, 15) is 19.5 Å². The summed E-state index contributed by atoms with van der Waals surface area (Å²) >= 11 is 0. The van der Waals surface area contributed by atoms with E-state index in [0.717, 1.165) is 28.3 Å². The van der Waals surface area contributed by atoms with Gasteiger partial charge in [-0.25, -0.2) is 9.59 Å². The highest BCUT2D eigenvalue weighted by Gasteiger charge is 2.25. The Hall–Kier alpha value is -3.09. The minimum atomic E-state index is -1.08. The summed E-state index contributed by atoms with van der Waals surface area (Å²) in [5.41, 5.74) is 3.03. The molecule has 0 unspecified atom stereocenters. The molecule has 3 aromatic rings. The highest BCUT2D eigenvalue weighted by molar-refractivity contribution is 6.00. The largest absolute Gasteiger partial charge is 0.480 e. The van der Waals surface area contributed by atoms with Crippen molar-refractivity contribution in [3.05, 3.63) is 45.0 Å². The van der Waals surface area contributed by atoms with Gasteiger partial charge in [0.05, 0.1) is 18.2 Å². The van der Waals surface area contributed by atoms with E-state index in [1.165, 1.54) is 0 Å². The Balaban J connectivity index is 2.05. The van der Waals surface area contributed by atoms with Gasteiger partial charge in [-0.05, 0) is 37.3 Å². The second-order valence-corrected chi connectivity index (χ2v) is 9.42. The van der Waals surface area contributed by atoms with E-state index in [1.54, 1.807) is 13.2 Å². The molecule has 1 amide bonds. The van der Waals surface area contributed by atoms with E-state index in [-0.39, 0.29) is 17.4 Å². The highest BCUT2D eigenvalue weighted by Crippen LogP contribution is 2.37. The topological polar surface area (TPSA) is 110 Å². The molecule has 7 nitrogen and oxygen atoms in total. The van der Waals surface area contributed by atoms with Gasteiger partial charge >= 0.3 is 11.6 Å². The Morgan fingerprint density at radius 1 is 1.12 bits per heavy atom. The van der Waals surface area contributed by atoms with Crippen LogP contribution in [-0.4, -0.2) is 23.0 Å². The van der Waals surface area contributed by atoms with Gasteiger partial charge in [-0.3, -0.25) is 4.79 Å². The molecule has 7 heteroatoms. The summed E-state index contributed by atoms with van der Waals surface area (Å²) in [6, 6.07) is 0.973. The molecule has 0 bridgehead atoms. The number of aryl methyl sites for hydroxylation is 2. The number of nitrogens with one attached hydrogen (secondary N) is 1. The first-order valence-corrected chi connectivity index (χ1v) is 10.9. The average molecular weight is 442 g/mol. The summed E-state index contributed by atoms with van der Waals surface area (Å²) in [5, 5.41) is 13.6. The maximum absolute atomic E-state index is 12.7. The number of carbonyl (C=O) groups excluding carboxylic acids is 1. The minimum absolute atomic E-state index is 0.137. The average Bonchev–Trinajstić information content (AvgIpc) is 3.14. The third kappa shape index (κ3) is 4.42. The van der Waals surface area contributed by atoms with Crippen LogP contribution in [0.25, 0.3) is 21.9 Å². The van der Waals surface area contributed by atoms with Crippen molar-refractivity contribution in [2.45, 2.75) is 78.7 Å². The molecule has 1 aromatic carbocycles. The number of carboxylic acids is 1. The minimum Gasteiger partial charge on any atom is -0.480 e. The fourth-order valence-electron chi connectivity index (χ4n) is 4.05. The lowest BCUT2D eigenvalue weighted by Gasteiger charge is -2.17. The Kier molecular flexibility index (Phi) is 6.49. The molecule has 0 fully saturated rings. The van der Waals surface area contributed by atoms with Crippen molar-refractivity contribution in [1.29, 1.82) is 0 Å². The molecule has 0 aliphatic carbocycles. The lowest BCUT2D eigenvalue weighted by molar-refractivity contribution is -0.142. The molecular weight excluding hydrogens is 410 g/mol. The molecule has 0 aliphatic heterocycles. The predicted molar refractivity (Wildman–Crippen MR) is 123 cm³/mol. The molecule has 0 saturated carbocycles. The van der Waals surface area contributed by atoms with Crippen LogP contribution in [0.2, 0.25) is 0 Å². The number of hydrogen-bond donors (Lipinski definition) is 2. The second-order valence-electron chi connectivity index (χ2n) is 9.42. The van der Waals surface area contributed by atoms with Crippen molar-refractivity contribution in [2.24, 2.45) is 0 Å². The number of fused-ring (bicyclic) bond motifs is 2. The van der Waals surface area contributed by atoms with Crippen molar-refractivity contribution < 1.29 is 23.5 Å². The molecule has 0 radical (unpaired) electrons. The lowest BCUT2D eigenvalue weighted by Crippen LogP contribution is -2.42. The van der Waals surface area contributed by atoms with Crippen molar-refractivity contribution in [3.63, 3.8) is 0 Å². The van der Waals surface area contributed by atoms with Crippen molar-refractivity contribution in [2.75, 3.05) is 0 Å². The maximum Gasteiger partial charge on any atom is 0.340 e. The van der Waals surface area contributed by atoms with Gasteiger partial charge in [-0.15, -0.1) is 0 Å². The van der Waals surface area contributed by atoms with Crippen LogP contribution in [0.1, 0.15) is 69.2 Å². The highest BCUT2D eigenvalue weighted by atomic mass is 16.4. The third-order valence-electron chi connectivity index (χ3n) is 5.97. The third-order valence-corrected chi connectivity index (χ3v) is 5.97. The van der Waals surface area contributed by atoms with Crippen LogP contribution >= 0.6 is 0 Å². The summed E-state index contributed by atoms with van der Waals surface area (Å²) < 4.78 is 11.4. The smallest absolute Gasteiger partial charge is 0.340 e. The Bertz CT molecular complexity index is 1240. The van der Waals surface area contributed by atoms with Crippen LogP contribution < -0.4 is 10.9 Å². The molecule has 0 aliphatic rings. The molecule has 2 N–H and O–H groups in total. The van der Waals surface area contributed by atoms with Crippen LogP contribution in [0, 0.1) is 13.8 Å². The van der Waals surface area contributed by atoms with E-state index < -0.39 is 23.5 Å². The van der Waals surface area contributed by atoms with Gasteiger partial charge in [0.15, 0.2) is 0 Å². The Morgan fingerprint density at radius 3 is 2.41 bits per heavy atom. The van der Waals surface area contributed by atoms with Gasteiger partial charge in [-0.2, -0.15) is 0 Å². The zero-order valence-corrected chi connectivity index (χ0v) is 19.5. The lowest BCUT2D eigenvalue weighted by atomic mass is 9.86. The van der Waals surface area contributed by atoms with Crippen LogP contribution in [0.15, 0.2) is 26.0 Å². The molecule has 1 atom stereocenters. The van der Waals surface area contributed by atoms with E-state index in [2.05, 4.69) is 26.1 Å². The van der Waals surface area contributed by atoms with Crippen LogP contribution in [0.5, 0.6) is 0 Å². The van der Waals surface area contributed by atoms with Crippen LogP contribution in [0.4, 0.5) is 0 Å².